The van der Waals surface area contributed by atoms with Gasteiger partial charge in [0, 0.05) is 18.3 Å². The molecular formula is C23H20FN3O4. The van der Waals surface area contributed by atoms with Gasteiger partial charge in [0.05, 0.1) is 12.2 Å². The van der Waals surface area contributed by atoms with Crippen molar-refractivity contribution in [2.75, 3.05) is 11.9 Å². The number of anilines is 1. The average Bonchev–Trinajstić information content (AvgIpc) is 2.76. The molecule has 0 bridgehead atoms. The van der Waals surface area contributed by atoms with E-state index in [0.717, 1.165) is 0 Å². The fraction of sp³-hybridized carbons (Fsp3) is 0.174. The van der Waals surface area contributed by atoms with Crippen LogP contribution in [0.5, 0.6) is 5.75 Å². The van der Waals surface area contributed by atoms with Crippen LogP contribution in [0.25, 0.3) is 0 Å². The lowest BCUT2D eigenvalue weighted by molar-refractivity contribution is 0.0697. The molecule has 8 heteroatoms. The smallest absolute Gasteiger partial charge is 0.335 e. The third kappa shape index (κ3) is 3.92. The quantitative estimate of drug-likeness (QED) is 0.590. The number of carbonyl (C=O) groups is 2. The SMILES string of the molecule is Cc1ccc([C@@]2(NC(=O)Nc3ccc(C(=O)O)cc3)CCOc3cccnc32)cc1F. The van der Waals surface area contributed by atoms with Gasteiger partial charge >= 0.3 is 12.0 Å². The Kier molecular flexibility index (Phi) is 5.29. The number of hydrogen-bond donors (Lipinski definition) is 3. The molecule has 2 aromatic carbocycles. The van der Waals surface area contributed by atoms with Crippen LogP contribution in [0.4, 0.5) is 14.9 Å². The van der Waals surface area contributed by atoms with Crippen molar-refractivity contribution < 1.29 is 23.8 Å². The van der Waals surface area contributed by atoms with E-state index in [0.29, 0.717) is 41.3 Å². The highest BCUT2D eigenvalue weighted by Gasteiger charge is 2.42. The lowest BCUT2D eigenvalue weighted by Gasteiger charge is -2.39. The van der Waals surface area contributed by atoms with Gasteiger partial charge in [-0.3, -0.25) is 4.98 Å². The molecule has 0 radical (unpaired) electrons. The summed E-state index contributed by atoms with van der Waals surface area (Å²) in [6, 6.07) is 13.6. The number of carboxylic acids is 1. The van der Waals surface area contributed by atoms with Crippen LogP contribution in [0.1, 0.15) is 33.6 Å². The number of benzene rings is 2. The van der Waals surface area contributed by atoms with Crippen LogP contribution >= 0.6 is 0 Å². The summed E-state index contributed by atoms with van der Waals surface area (Å²) in [4.78, 5) is 28.4. The maximum absolute atomic E-state index is 14.4. The van der Waals surface area contributed by atoms with E-state index in [9.17, 15) is 14.0 Å². The predicted octanol–water partition coefficient (Wildman–Crippen LogP) is 4.08. The number of aromatic nitrogens is 1. The van der Waals surface area contributed by atoms with E-state index in [2.05, 4.69) is 15.6 Å². The Balaban J connectivity index is 1.70. The molecule has 2 amide bonds. The van der Waals surface area contributed by atoms with Crippen molar-refractivity contribution in [2.24, 2.45) is 0 Å². The van der Waals surface area contributed by atoms with Gasteiger partial charge in [0.15, 0.2) is 0 Å². The van der Waals surface area contributed by atoms with Gasteiger partial charge in [-0.25, -0.2) is 14.0 Å². The molecule has 0 unspecified atom stereocenters. The van der Waals surface area contributed by atoms with E-state index < -0.39 is 17.5 Å². The summed E-state index contributed by atoms with van der Waals surface area (Å²) in [5.41, 5.74) is 0.960. The molecule has 7 nitrogen and oxygen atoms in total. The topological polar surface area (TPSA) is 101 Å². The van der Waals surface area contributed by atoms with E-state index in [1.807, 2.05) is 0 Å². The number of nitrogens with zero attached hydrogens (tertiary/aromatic N) is 1. The second-order valence-electron chi connectivity index (χ2n) is 7.28. The Morgan fingerprint density at radius 3 is 2.65 bits per heavy atom. The first-order valence-corrected chi connectivity index (χ1v) is 9.66. The fourth-order valence-corrected chi connectivity index (χ4v) is 3.65. The van der Waals surface area contributed by atoms with Crippen molar-refractivity contribution in [3.8, 4) is 5.75 Å². The zero-order chi connectivity index (χ0) is 22.0. The maximum Gasteiger partial charge on any atom is 0.335 e. The first kappa shape index (κ1) is 20.3. The summed E-state index contributed by atoms with van der Waals surface area (Å²) in [7, 11) is 0. The average molecular weight is 421 g/mol. The van der Waals surface area contributed by atoms with Crippen LogP contribution in [0, 0.1) is 12.7 Å². The highest BCUT2D eigenvalue weighted by atomic mass is 19.1. The Labute approximate surface area is 177 Å². The van der Waals surface area contributed by atoms with Gasteiger partial charge < -0.3 is 20.5 Å². The minimum Gasteiger partial charge on any atom is -0.491 e. The van der Waals surface area contributed by atoms with Gasteiger partial charge in [-0.1, -0.05) is 12.1 Å². The second-order valence-corrected chi connectivity index (χ2v) is 7.28. The molecule has 31 heavy (non-hydrogen) atoms. The minimum absolute atomic E-state index is 0.111. The molecule has 3 aromatic rings. The van der Waals surface area contributed by atoms with Gasteiger partial charge in [-0.05, 0) is 60.5 Å². The molecule has 0 saturated carbocycles. The van der Waals surface area contributed by atoms with Gasteiger partial charge in [-0.15, -0.1) is 0 Å². The second kappa shape index (κ2) is 8.06. The molecule has 1 atom stereocenters. The largest absolute Gasteiger partial charge is 0.491 e. The third-order valence-electron chi connectivity index (χ3n) is 5.29. The number of ether oxygens (including phenoxy) is 1. The third-order valence-corrected chi connectivity index (χ3v) is 5.29. The molecule has 0 aliphatic carbocycles. The zero-order valence-corrected chi connectivity index (χ0v) is 16.7. The van der Waals surface area contributed by atoms with Crippen LogP contribution in [0.3, 0.4) is 0 Å². The Bertz CT molecular complexity index is 1150. The Hall–Kier alpha value is -3.94. The molecule has 0 spiro atoms. The Morgan fingerprint density at radius 2 is 1.94 bits per heavy atom. The van der Waals surface area contributed by atoms with Crippen molar-refractivity contribution in [3.05, 3.63) is 89.0 Å². The molecule has 1 aliphatic heterocycles. The summed E-state index contributed by atoms with van der Waals surface area (Å²) in [5, 5.41) is 14.7. The normalized spacial score (nSPS) is 17.2. The number of carbonyl (C=O) groups excluding carboxylic acids is 1. The van der Waals surface area contributed by atoms with Crippen LogP contribution in [0.2, 0.25) is 0 Å². The van der Waals surface area contributed by atoms with Crippen LogP contribution < -0.4 is 15.4 Å². The molecule has 4 rings (SSSR count). The molecule has 0 fully saturated rings. The van der Waals surface area contributed by atoms with Crippen molar-refractivity contribution in [3.63, 3.8) is 0 Å². The Morgan fingerprint density at radius 1 is 1.16 bits per heavy atom. The van der Waals surface area contributed by atoms with Gasteiger partial charge in [0.25, 0.3) is 0 Å². The van der Waals surface area contributed by atoms with E-state index in [1.165, 1.54) is 30.3 Å². The summed E-state index contributed by atoms with van der Waals surface area (Å²) in [5.74, 6) is -0.922. The van der Waals surface area contributed by atoms with E-state index in [-0.39, 0.29) is 11.4 Å². The number of carboxylic acid groups (broad SMARTS) is 1. The van der Waals surface area contributed by atoms with Gasteiger partial charge in [0.2, 0.25) is 0 Å². The standard InChI is InChI=1S/C23H20FN3O4/c1-14-4-7-16(13-18(14)24)23(10-12-31-19-3-2-11-25-20(19)23)27-22(30)26-17-8-5-15(6-9-17)21(28)29/h2-9,11,13H,10,12H2,1H3,(H,28,29)(H2,26,27,30)/t23-/m0/s1. The predicted molar refractivity (Wildman–Crippen MR) is 112 cm³/mol. The fourth-order valence-electron chi connectivity index (χ4n) is 3.65. The maximum atomic E-state index is 14.4. The lowest BCUT2D eigenvalue weighted by Crippen LogP contribution is -2.51. The number of hydrogen-bond acceptors (Lipinski definition) is 4. The number of fused-ring (bicyclic) bond motifs is 1. The number of rotatable bonds is 4. The molecule has 3 N–H and O–H groups in total. The number of amides is 2. The lowest BCUT2D eigenvalue weighted by atomic mass is 9.81. The van der Waals surface area contributed by atoms with Crippen molar-refractivity contribution in [1.29, 1.82) is 0 Å². The monoisotopic (exact) mass is 421 g/mol. The van der Waals surface area contributed by atoms with Crippen LogP contribution in [0.15, 0.2) is 60.8 Å². The van der Waals surface area contributed by atoms with Crippen molar-refractivity contribution in [2.45, 2.75) is 18.9 Å². The number of urea groups is 1. The van der Waals surface area contributed by atoms with Crippen LogP contribution in [-0.2, 0) is 5.54 Å². The number of pyridine rings is 1. The van der Waals surface area contributed by atoms with Crippen LogP contribution in [-0.4, -0.2) is 28.7 Å². The first-order valence-electron chi connectivity index (χ1n) is 9.66. The molecule has 0 saturated heterocycles. The first-order chi connectivity index (χ1) is 14.9. The minimum atomic E-state index is -1.10. The zero-order valence-electron chi connectivity index (χ0n) is 16.7. The van der Waals surface area contributed by atoms with Gasteiger partial charge in [-0.2, -0.15) is 0 Å². The van der Waals surface area contributed by atoms with Gasteiger partial charge in [0.1, 0.15) is 22.8 Å². The summed E-state index contributed by atoms with van der Waals surface area (Å²) < 4.78 is 20.1. The highest BCUT2D eigenvalue weighted by molar-refractivity contribution is 5.92. The molecule has 1 aliphatic rings. The van der Waals surface area contributed by atoms with E-state index in [1.54, 1.807) is 37.4 Å². The number of nitrogens with one attached hydrogen (secondary N) is 2. The molecule has 2 heterocycles. The van der Waals surface area contributed by atoms with Crippen molar-refractivity contribution in [1.82, 2.24) is 10.3 Å². The molecular weight excluding hydrogens is 401 g/mol. The number of aromatic carboxylic acids is 1. The number of halogens is 1. The number of aryl methyl sites for hydroxylation is 1. The van der Waals surface area contributed by atoms with E-state index >= 15 is 0 Å². The highest BCUT2D eigenvalue weighted by Crippen LogP contribution is 2.40. The summed E-state index contributed by atoms with van der Waals surface area (Å²) in [6.45, 7) is 1.98. The summed E-state index contributed by atoms with van der Waals surface area (Å²) in [6.07, 6.45) is 1.95. The summed E-state index contributed by atoms with van der Waals surface area (Å²) >= 11 is 0. The van der Waals surface area contributed by atoms with E-state index in [4.69, 9.17) is 9.84 Å². The molecule has 158 valence electrons. The molecule has 1 aromatic heterocycles. The van der Waals surface area contributed by atoms with Crippen molar-refractivity contribution >= 4 is 17.7 Å².